The summed E-state index contributed by atoms with van der Waals surface area (Å²) in [5.41, 5.74) is 1.37. The van der Waals surface area contributed by atoms with E-state index in [1.165, 1.54) is 28.3 Å². The lowest BCUT2D eigenvalue weighted by Gasteiger charge is -2.37. The summed E-state index contributed by atoms with van der Waals surface area (Å²) in [6.45, 7) is -0.409. The molecule has 1 fully saturated rings. The molecule has 0 saturated carbocycles. The molecule has 0 aliphatic carbocycles. The number of carboxylic acids is 1. The van der Waals surface area contributed by atoms with Gasteiger partial charge in [0.25, 0.3) is 11.8 Å². The van der Waals surface area contributed by atoms with Crippen molar-refractivity contribution in [3.63, 3.8) is 0 Å². The van der Waals surface area contributed by atoms with E-state index in [1.54, 1.807) is 36.4 Å². The van der Waals surface area contributed by atoms with Crippen molar-refractivity contribution in [1.82, 2.24) is 29.9 Å². The van der Waals surface area contributed by atoms with Crippen molar-refractivity contribution < 1.29 is 41.4 Å². The second kappa shape index (κ2) is 11.0. The Morgan fingerprint density at radius 3 is 2.36 bits per heavy atom. The van der Waals surface area contributed by atoms with E-state index in [4.69, 9.17) is 14.6 Å². The molecule has 1 amide bonds. The van der Waals surface area contributed by atoms with Gasteiger partial charge in [0, 0.05) is 24.5 Å². The van der Waals surface area contributed by atoms with Crippen molar-refractivity contribution in [1.29, 1.82) is 0 Å². The van der Waals surface area contributed by atoms with Crippen molar-refractivity contribution in [2.45, 2.75) is 24.6 Å². The number of para-hydroxylation sites is 2. The lowest BCUT2D eigenvalue weighted by molar-refractivity contribution is -0.192. The number of aliphatic carboxylic acids is 1. The van der Waals surface area contributed by atoms with Crippen LogP contribution in [0.5, 0.6) is 6.01 Å². The molecule has 3 heterocycles. The zero-order chi connectivity index (χ0) is 28.2. The Morgan fingerprint density at radius 1 is 1.03 bits per heavy atom. The van der Waals surface area contributed by atoms with E-state index < -0.39 is 36.5 Å². The van der Waals surface area contributed by atoms with E-state index in [2.05, 4.69) is 20.2 Å². The summed E-state index contributed by atoms with van der Waals surface area (Å²) in [6.07, 6.45) is -2.67. The molecule has 5 rings (SSSR count). The van der Waals surface area contributed by atoms with Gasteiger partial charge in [0.15, 0.2) is 6.10 Å². The quantitative estimate of drug-likeness (QED) is 0.381. The number of hydrogen-bond donors (Lipinski definition) is 1. The minimum Gasteiger partial charge on any atom is -0.475 e. The van der Waals surface area contributed by atoms with Crippen molar-refractivity contribution >= 4 is 22.8 Å². The number of alkyl halides is 5. The highest BCUT2D eigenvalue weighted by Crippen LogP contribution is 2.32. The van der Waals surface area contributed by atoms with Crippen molar-refractivity contribution in [2.24, 2.45) is 0 Å². The molecule has 1 aliphatic rings. The number of aromatic nitrogens is 5. The summed E-state index contributed by atoms with van der Waals surface area (Å²) in [7, 11) is 0. The number of hydrogen-bond acceptors (Lipinski definition) is 7. The van der Waals surface area contributed by atoms with Gasteiger partial charge in [-0.15, -0.1) is 0 Å². The van der Waals surface area contributed by atoms with Crippen LogP contribution in [0.2, 0.25) is 0 Å². The number of rotatable bonds is 4. The Kier molecular flexibility index (Phi) is 7.69. The minimum absolute atomic E-state index is 0.106. The average molecular weight is 550 g/mol. The number of piperidine rings is 1. The topological polar surface area (TPSA) is 123 Å². The number of halogens is 5. The molecule has 1 atom stereocenters. The molecule has 2 aromatic carbocycles. The first-order chi connectivity index (χ1) is 18.5. The number of fused-ring (bicyclic) bond motifs is 1. The van der Waals surface area contributed by atoms with Gasteiger partial charge in [-0.1, -0.05) is 30.3 Å². The molecule has 39 heavy (non-hydrogen) atoms. The predicted molar refractivity (Wildman–Crippen MR) is 124 cm³/mol. The van der Waals surface area contributed by atoms with Crippen LogP contribution < -0.4 is 4.74 Å². The van der Waals surface area contributed by atoms with Gasteiger partial charge in [-0.3, -0.25) is 4.79 Å². The van der Waals surface area contributed by atoms with E-state index in [9.17, 15) is 26.7 Å². The maximum Gasteiger partial charge on any atom is 0.490 e. The van der Waals surface area contributed by atoms with Gasteiger partial charge >= 0.3 is 18.2 Å². The molecule has 1 N–H and O–H groups in total. The van der Waals surface area contributed by atoms with Gasteiger partial charge in [-0.2, -0.15) is 33.1 Å². The van der Waals surface area contributed by atoms with Crippen LogP contribution in [0.4, 0.5) is 22.0 Å². The molecule has 10 nitrogen and oxygen atoms in total. The number of amides is 1. The number of nitrogens with zero attached hydrogens (tertiary/aromatic N) is 6. The normalized spacial score (nSPS) is 16.7. The van der Waals surface area contributed by atoms with Crippen LogP contribution in [0.3, 0.4) is 0 Å². The molecule has 1 aliphatic heterocycles. The molecule has 0 spiro atoms. The first-order valence-electron chi connectivity index (χ1n) is 11.3. The summed E-state index contributed by atoms with van der Waals surface area (Å²) >= 11 is 0. The number of carbonyl (C=O) groups is 2. The van der Waals surface area contributed by atoms with Crippen LogP contribution >= 0.6 is 0 Å². The standard InChI is InChI=1S/C22H18F2N6O2.C2HF3O2/c23-22(24)9-12-29(20(31)16-6-2-4-8-18(16)30-26-10-11-27-30)14-19(22)32-21-25-13-15-5-1-3-7-17(15)28-21;3-2(4,5)1(6)7/h1-8,10-11,13,19H,9,12,14H2;(H,6,7). The number of likely N-dealkylation sites (tertiary alicyclic amines) is 1. The third kappa shape index (κ3) is 6.42. The van der Waals surface area contributed by atoms with Crippen LogP contribution in [0, 0.1) is 0 Å². The molecule has 4 aromatic rings. The molecular formula is C24H19F5N6O4. The lowest BCUT2D eigenvalue weighted by atomic mass is 10.0. The Bertz CT molecular complexity index is 1460. The van der Waals surface area contributed by atoms with E-state index >= 15 is 0 Å². The fraction of sp³-hybridized carbons (Fsp3) is 0.250. The average Bonchev–Trinajstić information content (AvgIpc) is 3.44. The summed E-state index contributed by atoms with van der Waals surface area (Å²) in [4.78, 5) is 33.1. The molecule has 1 unspecified atom stereocenters. The third-order valence-corrected chi connectivity index (χ3v) is 5.59. The van der Waals surface area contributed by atoms with Gasteiger partial charge in [0.05, 0.1) is 35.7 Å². The smallest absolute Gasteiger partial charge is 0.475 e. The number of ether oxygens (including phenoxy) is 1. The fourth-order valence-electron chi connectivity index (χ4n) is 3.66. The molecule has 2 aromatic heterocycles. The summed E-state index contributed by atoms with van der Waals surface area (Å²) < 4.78 is 66.6. The third-order valence-electron chi connectivity index (χ3n) is 5.59. The van der Waals surface area contributed by atoms with E-state index in [1.807, 2.05) is 12.1 Å². The van der Waals surface area contributed by atoms with Gasteiger partial charge in [-0.05, 0) is 18.2 Å². The summed E-state index contributed by atoms with van der Waals surface area (Å²) in [6, 6.07) is 13.8. The minimum atomic E-state index is -5.08. The van der Waals surface area contributed by atoms with Crippen molar-refractivity contribution in [3.8, 4) is 11.7 Å². The van der Waals surface area contributed by atoms with E-state index in [0.717, 1.165) is 5.39 Å². The number of benzene rings is 2. The van der Waals surface area contributed by atoms with Crippen LogP contribution in [0.15, 0.2) is 67.1 Å². The van der Waals surface area contributed by atoms with Gasteiger partial charge in [-0.25, -0.2) is 18.6 Å². The Morgan fingerprint density at radius 2 is 1.67 bits per heavy atom. The molecule has 0 radical (unpaired) electrons. The van der Waals surface area contributed by atoms with Gasteiger partial charge in [0.1, 0.15) is 0 Å². The molecule has 204 valence electrons. The second-order valence-electron chi connectivity index (χ2n) is 8.22. The monoisotopic (exact) mass is 550 g/mol. The van der Waals surface area contributed by atoms with Crippen LogP contribution in [0.1, 0.15) is 16.8 Å². The molecule has 15 heteroatoms. The lowest BCUT2D eigenvalue weighted by Crippen LogP contribution is -2.55. The predicted octanol–water partition coefficient (Wildman–Crippen LogP) is 3.77. The zero-order valence-corrected chi connectivity index (χ0v) is 19.8. The Hall–Kier alpha value is -4.69. The largest absolute Gasteiger partial charge is 0.490 e. The molecule has 0 bridgehead atoms. The first kappa shape index (κ1) is 27.3. The maximum absolute atomic E-state index is 14.7. The van der Waals surface area contributed by atoms with Crippen LogP contribution in [0.25, 0.3) is 16.6 Å². The first-order valence-corrected chi connectivity index (χ1v) is 11.3. The fourth-order valence-corrected chi connectivity index (χ4v) is 3.66. The van der Waals surface area contributed by atoms with E-state index in [-0.39, 0.29) is 19.1 Å². The Labute approximate surface area is 216 Å². The number of carbonyl (C=O) groups excluding carboxylic acids is 1. The number of carboxylic acid groups (broad SMARTS) is 1. The van der Waals surface area contributed by atoms with Crippen LogP contribution in [-0.4, -0.2) is 78.1 Å². The second-order valence-corrected chi connectivity index (χ2v) is 8.22. The molecule has 1 saturated heterocycles. The van der Waals surface area contributed by atoms with E-state index in [0.29, 0.717) is 16.8 Å². The highest BCUT2D eigenvalue weighted by molar-refractivity contribution is 5.97. The van der Waals surface area contributed by atoms with Gasteiger partial charge in [0.2, 0.25) is 0 Å². The summed E-state index contributed by atoms with van der Waals surface area (Å²) in [5, 5.41) is 16.0. The summed E-state index contributed by atoms with van der Waals surface area (Å²) in [5.74, 6) is -6.29. The molecular weight excluding hydrogens is 531 g/mol. The Balaban J connectivity index is 0.000000448. The van der Waals surface area contributed by atoms with Crippen molar-refractivity contribution in [3.05, 3.63) is 72.7 Å². The highest BCUT2D eigenvalue weighted by Gasteiger charge is 2.47. The van der Waals surface area contributed by atoms with Gasteiger partial charge < -0.3 is 14.7 Å². The van der Waals surface area contributed by atoms with Crippen molar-refractivity contribution in [2.75, 3.05) is 13.1 Å². The highest BCUT2D eigenvalue weighted by atomic mass is 19.4. The zero-order valence-electron chi connectivity index (χ0n) is 19.8. The van der Waals surface area contributed by atoms with Crippen LogP contribution in [-0.2, 0) is 4.79 Å². The maximum atomic E-state index is 14.7. The SMILES string of the molecule is O=C(O)C(F)(F)F.O=C(c1ccccc1-n1nccn1)N1CCC(F)(F)C(Oc2ncc3ccccc3n2)C1.